The van der Waals surface area contributed by atoms with Crippen LogP contribution in [-0.2, 0) is 4.79 Å². The average molecular weight is 143 g/mol. The normalized spacial score (nSPS) is 13.7. The van der Waals surface area contributed by atoms with Crippen LogP contribution in [0, 0.1) is 5.92 Å². The van der Waals surface area contributed by atoms with Gasteiger partial charge in [0, 0.05) is 12.5 Å². The van der Waals surface area contributed by atoms with Crippen LogP contribution >= 0.6 is 0 Å². The van der Waals surface area contributed by atoms with Gasteiger partial charge in [-0.1, -0.05) is 13.8 Å². The van der Waals surface area contributed by atoms with Crippen molar-refractivity contribution in [3.8, 4) is 0 Å². The van der Waals surface area contributed by atoms with Crippen LogP contribution in [0.3, 0.4) is 0 Å². The van der Waals surface area contributed by atoms with Crippen LogP contribution in [-0.4, -0.2) is 18.9 Å². The van der Waals surface area contributed by atoms with Crippen LogP contribution in [0.4, 0.5) is 0 Å². The summed E-state index contributed by atoms with van der Waals surface area (Å²) in [7, 11) is 1.90. The lowest BCUT2D eigenvalue weighted by atomic mass is 10.00. The molecule has 1 atom stereocenters. The van der Waals surface area contributed by atoms with E-state index in [0.29, 0.717) is 18.4 Å². The van der Waals surface area contributed by atoms with Gasteiger partial charge in [-0.25, -0.2) is 0 Å². The molecule has 0 radical (unpaired) electrons. The summed E-state index contributed by atoms with van der Waals surface area (Å²) in [5.41, 5.74) is 0. The van der Waals surface area contributed by atoms with Crippen molar-refractivity contribution in [2.75, 3.05) is 7.05 Å². The Hall–Kier alpha value is -0.370. The predicted molar refractivity (Wildman–Crippen MR) is 43.0 cm³/mol. The fraction of sp³-hybridized carbons (Fsp3) is 0.875. The Morgan fingerprint density at radius 1 is 1.50 bits per heavy atom. The molecule has 0 aromatic rings. The molecule has 0 saturated heterocycles. The minimum atomic E-state index is 0.257. The highest BCUT2D eigenvalue weighted by molar-refractivity contribution is 5.76. The number of ketones is 1. The molecule has 0 aliphatic heterocycles. The first kappa shape index (κ1) is 9.63. The molecule has 2 nitrogen and oxygen atoms in total. The molecule has 0 aromatic heterocycles. The average Bonchev–Trinajstić information content (AvgIpc) is 1.81. The maximum Gasteiger partial charge on any atom is 0.131 e. The second-order valence-corrected chi connectivity index (χ2v) is 3.05. The molecule has 0 amide bonds. The van der Waals surface area contributed by atoms with Gasteiger partial charge in [0.15, 0.2) is 0 Å². The van der Waals surface area contributed by atoms with Crippen molar-refractivity contribution < 1.29 is 4.79 Å². The minimum absolute atomic E-state index is 0.257. The van der Waals surface area contributed by atoms with E-state index >= 15 is 0 Å². The van der Waals surface area contributed by atoms with Crippen LogP contribution in [0.2, 0.25) is 0 Å². The molecule has 0 heterocycles. The van der Waals surface area contributed by atoms with E-state index in [1.807, 2.05) is 7.05 Å². The van der Waals surface area contributed by atoms with Gasteiger partial charge in [-0.15, -0.1) is 0 Å². The molecule has 0 bridgehead atoms. The third kappa shape index (κ3) is 3.62. The van der Waals surface area contributed by atoms with E-state index in [0.717, 1.165) is 0 Å². The van der Waals surface area contributed by atoms with Gasteiger partial charge in [-0.3, -0.25) is 4.79 Å². The van der Waals surface area contributed by atoms with Crippen molar-refractivity contribution in [1.29, 1.82) is 0 Å². The summed E-state index contributed by atoms with van der Waals surface area (Å²) < 4.78 is 0. The summed E-state index contributed by atoms with van der Waals surface area (Å²) in [6.45, 7) is 5.86. The van der Waals surface area contributed by atoms with Gasteiger partial charge in [0.25, 0.3) is 0 Å². The summed E-state index contributed by atoms with van der Waals surface area (Å²) in [6.07, 6.45) is 0.647. The largest absolute Gasteiger partial charge is 0.316 e. The lowest BCUT2D eigenvalue weighted by Gasteiger charge is -2.17. The Bertz CT molecular complexity index is 110. The summed E-state index contributed by atoms with van der Waals surface area (Å²) >= 11 is 0. The van der Waals surface area contributed by atoms with Crippen LogP contribution in [0.15, 0.2) is 0 Å². The van der Waals surface area contributed by atoms with Crippen LogP contribution in [0.25, 0.3) is 0 Å². The zero-order chi connectivity index (χ0) is 8.15. The summed E-state index contributed by atoms with van der Waals surface area (Å²) in [6, 6.07) is 0.345. The Balaban J connectivity index is 3.71. The van der Waals surface area contributed by atoms with Gasteiger partial charge in [-0.2, -0.15) is 0 Å². The molecule has 1 unspecified atom stereocenters. The number of hydrogen-bond acceptors (Lipinski definition) is 2. The van der Waals surface area contributed by atoms with Crippen molar-refractivity contribution in [2.24, 2.45) is 5.92 Å². The Morgan fingerprint density at radius 3 is 2.10 bits per heavy atom. The maximum atomic E-state index is 10.7. The van der Waals surface area contributed by atoms with E-state index in [1.54, 1.807) is 6.92 Å². The first-order valence-corrected chi connectivity index (χ1v) is 3.74. The molecule has 0 aliphatic carbocycles. The SMILES string of the molecule is CNC(CC(C)=O)C(C)C. The second kappa shape index (κ2) is 4.45. The van der Waals surface area contributed by atoms with E-state index < -0.39 is 0 Å². The summed E-state index contributed by atoms with van der Waals surface area (Å²) in [4.78, 5) is 10.7. The van der Waals surface area contributed by atoms with Gasteiger partial charge in [0.1, 0.15) is 5.78 Å². The quantitative estimate of drug-likeness (QED) is 0.641. The molecular formula is C8H17NO. The molecule has 0 rings (SSSR count). The minimum Gasteiger partial charge on any atom is -0.316 e. The number of carbonyl (C=O) groups is 1. The standard InChI is InChI=1S/C8H17NO/c1-6(2)8(9-4)5-7(3)10/h6,8-9H,5H2,1-4H3. The highest BCUT2D eigenvalue weighted by Crippen LogP contribution is 2.04. The number of nitrogens with one attached hydrogen (secondary N) is 1. The van der Waals surface area contributed by atoms with Gasteiger partial charge in [0.2, 0.25) is 0 Å². The first-order valence-electron chi connectivity index (χ1n) is 3.74. The zero-order valence-corrected chi connectivity index (χ0v) is 7.27. The van der Waals surface area contributed by atoms with E-state index in [1.165, 1.54) is 0 Å². The molecule has 0 saturated carbocycles. The van der Waals surface area contributed by atoms with E-state index in [2.05, 4.69) is 19.2 Å². The van der Waals surface area contributed by atoms with Gasteiger partial charge >= 0.3 is 0 Å². The molecule has 10 heavy (non-hydrogen) atoms. The predicted octanol–water partition coefficient (Wildman–Crippen LogP) is 1.21. The van der Waals surface area contributed by atoms with Crippen molar-refractivity contribution in [2.45, 2.75) is 33.2 Å². The number of Topliss-reactive ketones (excluding diaryl/α,β-unsaturated/α-hetero) is 1. The molecule has 0 fully saturated rings. The fourth-order valence-corrected chi connectivity index (χ4v) is 0.981. The first-order chi connectivity index (χ1) is 4.57. The van der Waals surface area contributed by atoms with Crippen molar-refractivity contribution >= 4 is 5.78 Å². The molecule has 2 heteroatoms. The molecule has 0 spiro atoms. The van der Waals surface area contributed by atoms with Crippen molar-refractivity contribution in [3.05, 3.63) is 0 Å². The third-order valence-corrected chi connectivity index (χ3v) is 1.68. The molecule has 1 N–H and O–H groups in total. The smallest absolute Gasteiger partial charge is 0.131 e. The van der Waals surface area contributed by atoms with Crippen molar-refractivity contribution in [1.82, 2.24) is 5.32 Å². The zero-order valence-electron chi connectivity index (χ0n) is 7.27. The van der Waals surface area contributed by atoms with E-state index in [4.69, 9.17) is 0 Å². The van der Waals surface area contributed by atoms with E-state index in [9.17, 15) is 4.79 Å². The topological polar surface area (TPSA) is 29.1 Å². The van der Waals surface area contributed by atoms with E-state index in [-0.39, 0.29) is 5.78 Å². The van der Waals surface area contributed by atoms with Crippen LogP contribution < -0.4 is 5.32 Å². The van der Waals surface area contributed by atoms with Gasteiger partial charge < -0.3 is 5.32 Å². The highest BCUT2D eigenvalue weighted by Gasteiger charge is 2.11. The molecule has 0 aromatic carbocycles. The summed E-state index contributed by atoms with van der Waals surface area (Å²) in [5.74, 6) is 0.793. The Kier molecular flexibility index (Phi) is 4.28. The molecule has 60 valence electrons. The Labute approximate surface area is 63.0 Å². The molecular weight excluding hydrogens is 126 g/mol. The van der Waals surface area contributed by atoms with Crippen molar-refractivity contribution in [3.63, 3.8) is 0 Å². The fourth-order valence-electron chi connectivity index (χ4n) is 0.981. The lowest BCUT2D eigenvalue weighted by molar-refractivity contribution is -0.117. The van der Waals surface area contributed by atoms with Gasteiger partial charge in [0.05, 0.1) is 0 Å². The van der Waals surface area contributed by atoms with Crippen LogP contribution in [0.1, 0.15) is 27.2 Å². The third-order valence-electron chi connectivity index (χ3n) is 1.68. The second-order valence-electron chi connectivity index (χ2n) is 3.05. The van der Waals surface area contributed by atoms with Gasteiger partial charge in [-0.05, 0) is 19.9 Å². The monoisotopic (exact) mass is 143 g/mol. The maximum absolute atomic E-state index is 10.7. The Morgan fingerprint density at radius 2 is 2.00 bits per heavy atom. The number of rotatable bonds is 4. The lowest BCUT2D eigenvalue weighted by Crippen LogP contribution is -2.32. The summed E-state index contributed by atoms with van der Waals surface area (Å²) in [5, 5.41) is 3.11. The number of hydrogen-bond donors (Lipinski definition) is 1. The highest BCUT2D eigenvalue weighted by atomic mass is 16.1. The van der Waals surface area contributed by atoms with Crippen LogP contribution in [0.5, 0.6) is 0 Å². The molecule has 0 aliphatic rings. The number of carbonyl (C=O) groups excluding carboxylic acids is 1.